The van der Waals surface area contributed by atoms with Crippen LogP contribution >= 0.6 is 0 Å². The van der Waals surface area contributed by atoms with Crippen molar-refractivity contribution < 1.29 is 19.1 Å². The van der Waals surface area contributed by atoms with Crippen LogP contribution in [0, 0.1) is 11.3 Å². The molecule has 2 amide bonds. The number of fused-ring (bicyclic) bond motifs is 1. The molecule has 2 heterocycles. The molecular weight excluding hydrogens is 406 g/mol. The number of nitrogens with two attached hydrogens (primary N) is 1. The minimum atomic E-state index is -1.09. The van der Waals surface area contributed by atoms with E-state index in [1.807, 2.05) is 12.1 Å². The molecule has 2 aliphatic heterocycles. The molecule has 7 heteroatoms. The third-order valence-corrected chi connectivity index (χ3v) is 6.30. The van der Waals surface area contributed by atoms with E-state index in [0.29, 0.717) is 49.0 Å². The van der Waals surface area contributed by atoms with Gasteiger partial charge in [0.25, 0.3) is 5.91 Å². The number of anilines is 1. The fraction of sp³-hybridized carbons (Fsp3) is 0.400. The molecule has 1 unspecified atom stereocenters. The Kier molecular flexibility index (Phi) is 5.90. The van der Waals surface area contributed by atoms with Crippen LogP contribution in [-0.4, -0.2) is 30.6 Å². The molecule has 0 aromatic heterocycles. The highest BCUT2D eigenvalue weighted by molar-refractivity contribution is 6.00. The molecule has 3 N–H and O–H groups in total. The number of nitrogens with zero attached hydrogens (tertiary/aromatic N) is 1. The van der Waals surface area contributed by atoms with Gasteiger partial charge in [-0.2, -0.15) is 5.26 Å². The predicted octanol–water partition coefficient (Wildman–Crippen LogP) is 3.65. The third kappa shape index (κ3) is 3.94. The van der Waals surface area contributed by atoms with Crippen molar-refractivity contribution in [2.45, 2.75) is 51.0 Å². The molecule has 0 radical (unpaired) electrons. The van der Waals surface area contributed by atoms with Gasteiger partial charge in [-0.1, -0.05) is 38.1 Å². The van der Waals surface area contributed by atoms with Gasteiger partial charge < -0.3 is 20.5 Å². The predicted molar refractivity (Wildman–Crippen MR) is 120 cm³/mol. The summed E-state index contributed by atoms with van der Waals surface area (Å²) in [5.74, 6) is 0.273. The van der Waals surface area contributed by atoms with Crippen LogP contribution in [-0.2, 0) is 20.7 Å². The van der Waals surface area contributed by atoms with Gasteiger partial charge in [-0.25, -0.2) is 0 Å². The second kappa shape index (κ2) is 8.64. The minimum absolute atomic E-state index is 0.0595. The summed E-state index contributed by atoms with van der Waals surface area (Å²) >= 11 is 0. The Hall–Kier alpha value is -3.37. The zero-order valence-electron chi connectivity index (χ0n) is 18.4. The van der Waals surface area contributed by atoms with Crippen molar-refractivity contribution in [3.63, 3.8) is 0 Å². The fourth-order valence-electron chi connectivity index (χ4n) is 4.27. The maximum atomic E-state index is 13.1. The highest BCUT2D eigenvalue weighted by Gasteiger charge is 2.46. The van der Waals surface area contributed by atoms with Crippen LogP contribution in [0.25, 0.3) is 11.1 Å². The second-order valence-electron chi connectivity index (χ2n) is 8.65. The van der Waals surface area contributed by atoms with Crippen LogP contribution in [0.1, 0.15) is 55.7 Å². The number of nitriles is 1. The molecule has 0 bridgehead atoms. The Bertz CT molecular complexity index is 1100. The van der Waals surface area contributed by atoms with Crippen molar-refractivity contribution in [2.24, 2.45) is 5.73 Å². The zero-order chi connectivity index (χ0) is 22.9. The van der Waals surface area contributed by atoms with Crippen LogP contribution < -0.4 is 15.8 Å². The normalized spacial score (nSPS) is 18.9. The van der Waals surface area contributed by atoms with E-state index in [0.717, 1.165) is 16.7 Å². The van der Waals surface area contributed by atoms with E-state index in [-0.39, 0.29) is 18.7 Å². The van der Waals surface area contributed by atoms with Crippen molar-refractivity contribution in [1.82, 2.24) is 0 Å². The number of primary amides is 1. The van der Waals surface area contributed by atoms with E-state index in [1.165, 1.54) is 5.56 Å². The largest absolute Gasteiger partial charge is 0.492 e. The average Bonchev–Trinajstić information content (AvgIpc) is 3.22. The van der Waals surface area contributed by atoms with Crippen molar-refractivity contribution >= 4 is 17.5 Å². The van der Waals surface area contributed by atoms with Gasteiger partial charge in [-0.3, -0.25) is 9.59 Å². The molecule has 0 saturated carbocycles. The Morgan fingerprint density at radius 3 is 2.53 bits per heavy atom. The van der Waals surface area contributed by atoms with Crippen molar-refractivity contribution in [3.05, 3.63) is 47.0 Å². The van der Waals surface area contributed by atoms with E-state index >= 15 is 0 Å². The van der Waals surface area contributed by atoms with Gasteiger partial charge >= 0.3 is 0 Å². The SMILES string of the molecule is CC(C)c1ccc(-c2cc(NC(=O)C3(CCC(N)=O)CCO3)c(C#N)c3c2OCC3)cc1. The summed E-state index contributed by atoms with van der Waals surface area (Å²) in [4.78, 5) is 24.4. The number of amides is 2. The summed E-state index contributed by atoms with van der Waals surface area (Å²) in [6.07, 6.45) is 1.38. The number of nitrogens with one attached hydrogen (secondary N) is 1. The first-order valence-corrected chi connectivity index (χ1v) is 10.9. The molecule has 2 aromatic rings. The maximum Gasteiger partial charge on any atom is 0.256 e. The highest BCUT2D eigenvalue weighted by atomic mass is 16.5. The van der Waals surface area contributed by atoms with Gasteiger partial charge in [-0.15, -0.1) is 0 Å². The van der Waals surface area contributed by atoms with E-state index < -0.39 is 11.5 Å². The second-order valence-corrected chi connectivity index (χ2v) is 8.65. The van der Waals surface area contributed by atoms with E-state index in [1.54, 1.807) is 6.07 Å². The van der Waals surface area contributed by atoms with Crippen LogP contribution in [0.5, 0.6) is 5.75 Å². The molecule has 1 fully saturated rings. The van der Waals surface area contributed by atoms with Crippen LogP contribution in [0.4, 0.5) is 5.69 Å². The average molecular weight is 434 g/mol. The summed E-state index contributed by atoms with van der Waals surface area (Å²) < 4.78 is 11.5. The molecule has 166 valence electrons. The first-order chi connectivity index (χ1) is 15.3. The number of ether oxygens (including phenoxy) is 2. The number of carbonyl (C=O) groups is 2. The summed E-state index contributed by atoms with van der Waals surface area (Å²) in [7, 11) is 0. The molecule has 0 aliphatic carbocycles. The molecular formula is C25H27N3O4. The number of rotatable bonds is 7. The van der Waals surface area contributed by atoms with E-state index in [4.69, 9.17) is 15.2 Å². The Labute approximate surface area is 187 Å². The third-order valence-electron chi connectivity index (χ3n) is 6.30. The summed E-state index contributed by atoms with van der Waals surface area (Å²) in [5.41, 5.74) is 8.83. The Morgan fingerprint density at radius 1 is 1.25 bits per heavy atom. The van der Waals surface area contributed by atoms with Gasteiger partial charge in [0.2, 0.25) is 5.91 Å². The fourth-order valence-corrected chi connectivity index (χ4v) is 4.27. The molecule has 4 rings (SSSR count). The lowest BCUT2D eigenvalue weighted by Gasteiger charge is -2.40. The maximum absolute atomic E-state index is 13.1. The molecule has 1 atom stereocenters. The van der Waals surface area contributed by atoms with Crippen LogP contribution in [0.15, 0.2) is 30.3 Å². The zero-order valence-corrected chi connectivity index (χ0v) is 18.4. The number of benzene rings is 2. The Balaban J connectivity index is 1.71. The van der Waals surface area contributed by atoms with Crippen molar-refractivity contribution in [2.75, 3.05) is 18.5 Å². The monoisotopic (exact) mass is 433 g/mol. The summed E-state index contributed by atoms with van der Waals surface area (Å²) in [6.45, 7) is 5.22. The van der Waals surface area contributed by atoms with Gasteiger partial charge in [0, 0.05) is 30.4 Å². The lowest BCUT2D eigenvalue weighted by molar-refractivity contribution is -0.173. The Morgan fingerprint density at radius 2 is 1.97 bits per heavy atom. The quantitative estimate of drug-likeness (QED) is 0.692. The van der Waals surface area contributed by atoms with E-state index in [9.17, 15) is 14.9 Å². The number of hydrogen-bond donors (Lipinski definition) is 2. The molecule has 1 saturated heterocycles. The molecule has 32 heavy (non-hydrogen) atoms. The van der Waals surface area contributed by atoms with E-state index in [2.05, 4.69) is 37.4 Å². The van der Waals surface area contributed by atoms with Gasteiger partial charge in [0.05, 0.1) is 24.5 Å². The first kappa shape index (κ1) is 21.8. The molecule has 0 spiro atoms. The van der Waals surface area contributed by atoms with Gasteiger partial charge in [0.1, 0.15) is 17.4 Å². The first-order valence-electron chi connectivity index (χ1n) is 10.9. The van der Waals surface area contributed by atoms with Gasteiger partial charge in [-0.05, 0) is 29.5 Å². The standard InChI is InChI=1S/C25H27N3O4/c1-15(2)16-3-5-17(6-4-16)19-13-21(20(14-26)18-8-11-31-23(18)19)28-24(30)25(10-12-32-25)9-7-22(27)29/h3-6,13,15H,7-12H2,1-2H3,(H2,27,29)(H,28,30). The molecule has 2 aliphatic rings. The topological polar surface area (TPSA) is 114 Å². The minimum Gasteiger partial charge on any atom is -0.492 e. The molecule has 2 aromatic carbocycles. The van der Waals surface area contributed by atoms with Crippen LogP contribution in [0.2, 0.25) is 0 Å². The van der Waals surface area contributed by atoms with Gasteiger partial charge in [0.15, 0.2) is 0 Å². The lowest BCUT2D eigenvalue weighted by Crippen LogP contribution is -2.54. The van der Waals surface area contributed by atoms with Crippen molar-refractivity contribution in [1.29, 1.82) is 5.26 Å². The van der Waals surface area contributed by atoms with Crippen LogP contribution in [0.3, 0.4) is 0 Å². The highest BCUT2D eigenvalue weighted by Crippen LogP contribution is 2.43. The summed E-state index contributed by atoms with van der Waals surface area (Å²) in [5, 5.41) is 12.8. The summed E-state index contributed by atoms with van der Waals surface area (Å²) in [6, 6.07) is 12.3. The number of carbonyl (C=O) groups excluding carboxylic acids is 2. The molecule has 7 nitrogen and oxygen atoms in total. The smallest absolute Gasteiger partial charge is 0.256 e. The number of hydrogen-bond acceptors (Lipinski definition) is 5. The van der Waals surface area contributed by atoms with Crippen molar-refractivity contribution in [3.8, 4) is 22.9 Å². The lowest BCUT2D eigenvalue weighted by atomic mass is 9.87.